The van der Waals surface area contributed by atoms with E-state index in [-0.39, 0.29) is 6.90 Å². The first-order valence-electron chi connectivity index (χ1n) is 7.15. The molecular weight excluding hydrogens is 220 g/mol. The number of rotatable bonds is 1. The highest BCUT2D eigenvalue weighted by molar-refractivity contribution is 5.37. The molecule has 2 rings (SSSR count). The minimum atomic E-state index is 0. The lowest BCUT2D eigenvalue weighted by molar-refractivity contribution is 0.323. The van der Waals surface area contributed by atoms with Gasteiger partial charge in [0.2, 0.25) is 0 Å². The molecule has 0 heterocycles. The van der Waals surface area contributed by atoms with Crippen LogP contribution >= 0.6 is 0 Å². The van der Waals surface area contributed by atoms with Crippen LogP contribution in [0.3, 0.4) is 0 Å². The van der Waals surface area contributed by atoms with Crippen molar-refractivity contribution in [1.29, 1.82) is 0 Å². The van der Waals surface area contributed by atoms with Crippen molar-refractivity contribution in [3.8, 4) is 0 Å². The maximum Gasteiger partial charge on any atom is 0.00807 e. The van der Waals surface area contributed by atoms with Crippen LogP contribution in [0.4, 0.5) is 0 Å². The Balaban J connectivity index is 0. The molecular formula is C17H30O. The molecule has 18 heavy (non-hydrogen) atoms. The van der Waals surface area contributed by atoms with Gasteiger partial charge in [-0.1, -0.05) is 63.5 Å². The predicted molar refractivity (Wildman–Crippen MR) is 81.8 cm³/mol. The van der Waals surface area contributed by atoms with Gasteiger partial charge in [-0.2, -0.15) is 0 Å². The monoisotopic (exact) mass is 250 g/mol. The van der Waals surface area contributed by atoms with Crippen LogP contribution in [-0.2, 0) is 0 Å². The SMILES string of the molecule is CC.CC1=CC(C2CCC(C)CC2)=CC=C[CH]1.[HH].[OH]. The lowest BCUT2D eigenvalue weighted by Gasteiger charge is -2.27. The van der Waals surface area contributed by atoms with Crippen LogP contribution in [0.15, 0.2) is 35.5 Å². The molecule has 0 bridgehead atoms. The zero-order valence-corrected chi connectivity index (χ0v) is 12.3. The molecule has 0 spiro atoms. The van der Waals surface area contributed by atoms with Crippen LogP contribution in [0.5, 0.6) is 0 Å². The summed E-state index contributed by atoms with van der Waals surface area (Å²) in [4.78, 5) is 0. The fourth-order valence-corrected chi connectivity index (χ4v) is 2.58. The van der Waals surface area contributed by atoms with Crippen molar-refractivity contribution in [2.24, 2.45) is 11.8 Å². The normalized spacial score (nSPS) is 26.9. The summed E-state index contributed by atoms with van der Waals surface area (Å²) in [7, 11) is 0. The van der Waals surface area contributed by atoms with Gasteiger partial charge in [-0.15, -0.1) is 0 Å². The van der Waals surface area contributed by atoms with E-state index in [1.54, 1.807) is 5.57 Å². The van der Waals surface area contributed by atoms with E-state index >= 15 is 0 Å². The molecule has 2 radical (unpaired) electrons. The van der Waals surface area contributed by atoms with Gasteiger partial charge in [-0.25, -0.2) is 0 Å². The molecule has 0 aliphatic heterocycles. The van der Waals surface area contributed by atoms with E-state index in [4.69, 9.17) is 0 Å². The van der Waals surface area contributed by atoms with Crippen molar-refractivity contribution in [3.05, 3.63) is 41.9 Å². The number of hydrogen-bond donors (Lipinski definition) is 1. The highest BCUT2D eigenvalue weighted by Gasteiger charge is 2.20. The molecule has 0 unspecified atom stereocenters. The molecule has 0 aromatic heterocycles. The van der Waals surface area contributed by atoms with Crippen molar-refractivity contribution in [1.82, 2.24) is 0 Å². The zero-order valence-electron chi connectivity index (χ0n) is 12.3. The molecule has 1 nitrogen and oxygen atoms in total. The number of hydrogen-bond acceptors (Lipinski definition) is 0. The van der Waals surface area contributed by atoms with Crippen LogP contribution in [0.25, 0.3) is 0 Å². The van der Waals surface area contributed by atoms with Crippen molar-refractivity contribution in [3.63, 3.8) is 0 Å². The second-order valence-electron chi connectivity index (χ2n) is 5.06. The van der Waals surface area contributed by atoms with Crippen LogP contribution in [0.1, 0.15) is 54.8 Å². The molecule has 0 atom stereocenters. The highest BCUT2D eigenvalue weighted by atomic mass is 16.0. The fourth-order valence-electron chi connectivity index (χ4n) is 2.58. The van der Waals surface area contributed by atoms with Crippen molar-refractivity contribution >= 4 is 0 Å². The van der Waals surface area contributed by atoms with Gasteiger partial charge in [0.05, 0.1) is 0 Å². The van der Waals surface area contributed by atoms with Gasteiger partial charge in [0.15, 0.2) is 0 Å². The van der Waals surface area contributed by atoms with Gasteiger partial charge >= 0.3 is 0 Å². The summed E-state index contributed by atoms with van der Waals surface area (Å²) in [5.74, 6) is 1.76. The Hall–Kier alpha value is -0.820. The molecule has 1 heteroatoms. The average molecular weight is 250 g/mol. The maximum absolute atomic E-state index is 2.38. The lowest BCUT2D eigenvalue weighted by atomic mass is 9.79. The summed E-state index contributed by atoms with van der Waals surface area (Å²) in [6.45, 7) is 8.57. The van der Waals surface area contributed by atoms with Gasteiger partial charge in [0.1, 0.15) is 0 Å². The zero-order chi connectivity index (χ0) is 12.7. The van der Waals surface area contributed by atoms with E-state index in [9.17, 15) is 0 Å². The van der Waals surface area contributed by atoms with E-state index in [1.165, 1.54) is 31.3 Å². The third-order valence-electron chi connectivity index (χ3n) is 3.64. The summed E-state index contributed by atoms with van der Waals surface area (Å²) in [5, 5.41) is 0. The largest absolute Gasteiger partial charge is 0.255 e. The summed E-state index contributed by atoms with van der Waals surface area (Å²) >= 11 is 0. The van der Waals surface area contributed by atoms with E-state index in [0.717, 1.165) is 11.8 Å². The first kappa shape index (κ1) is 17.2. The van der Waals surface area contributed by atoms with Gasteiger partial charge in [-0.3, -0.25) is 5.48 Å². The Morgan fingerprint density at radius 1 is 1.06 bits per heavy atom. The van der Waals surface area contributed by atoms with Crippen molar-refractivity contribution in [2.45, 2.75) is 53.4 Å². The molecule has 104 valence electrons. The standard InChI is InChI=1S/C15H21.C2H6.HO.H2/c1-12-7-9-14(10-8-12)15-6-4-3-5-13(2)11-15;1-2;;/h3-6,11-12,14H,7-10H2,1-2H3;1-2H3;2*1H. The molecule has 0 aromatic rings. The third-order valence-corrected chi connectivity index (χ3v) is 3.64. The molecule has 2 aliphatic carbocycles. The summed E-state index contributed by atoms with van der Waals surface area (Å²) < 4.78 is 0. The first-order chi connectivity index (χ1) is 8.25. The molecule has 0 saturated heterocycles. The van der Waals surface area contributed by atoms with E-state index in [1.807, 2.05) is 13.8 Å². The van der Waals surface area contributed by atoms with E-state index in [2.05, 4.69) is 44.6 Å². The Morgan fingerprint density at radius 3 is 2.28 bits per heavy atom. The fraction of sp³-hybridized carbons (Fsp3) is 0.588. The summed E-state index contributed by atoms with van der Waals surface area (Å²) in [5.41, 5.74) is 2.93. The minimum absolute atomic E-state index is 0. The van der Waals surface area contributed by atoms with Gasteiger partial charge in [0, 0.05) is 7.85 Å². The Kier molecular flexibility index (Phi) is 8.74. The lowest BCUT2D eigenvalue weighted by Crippen LogP contribution is -2.13. The van der Waals surface area contributed by atoms with E-state index in [0.29, 0.717) is 0 Å². The third kappa shape index (κ3) is 5.22. The van der Waals surface area contributed by atoms with Gasteiger partial charge in [0.25, 0.3) is 0 Å². The summed E-state index contributed by atoms with van der Waals surface area (Å²) in [6.07, 6.45) is 16.7. The average Bonchev–Trinajstić information content (AvgIpc) is 2.57. The second kappa shape index (κ2) is 9.16. The molecule has 1 N–H and O–H groups in total. The Morgan fingerprint density at radius 2 is 1.67 bits per heavy atom. The quantitative estimate of drug-likeness (QED) is 0.632. The topological polar surface area (TPSA) is 30.0 Å². The van der Waals surface area contributed by atoms with Gasteiger partial charge < -0.3 is 0 Å². The molecule has 2 aliphatic rings. The van der Waals surface area contributed by atoms with Crippen molar-refractivity contribution < 1.29 is 6.90 Å². The second-order valence-corrected chi connectivity index (χ2v) is 5.06. The number of allylic oxidation sites excluding steroid dienone is 6. The Bertz CT molecular complexity index is 307. The first-order valence-corrected chi connectivity index (χ1v) is 7.15. The molecule has 0 amide bonds. The van der Waals surface area contributed by atoms with Crippen molar-refractivity contribution in [2.75, 3.05) is 0 Å². The van der Waals surface area contributed by atoms with E-state index < -0.39 is 0 Å². The minimum Gasteiger partial charge on any atom is -0.255 e. The Labute approximate surface area is 114 Å². The maximum atomic E-state index is 2.38. The highest BCUT2D eigenvalue weighted by Crippen LogP contribution is 2.34. The predicted octanol–water partition coefficient (Wildman–Crippen LogP) is 5.55. The molecule has 0 aromatic carbocycles. The van der Waals surface area contributed by atoms with Crippen LogP contribution < -0.4 is 0 Å². The van der Waals surface area contributed by atoms with Gasteiger partial charge in [-0.05, 0) is 37.2 Å². The van der Waals surface area contributed by atoms with Crippen LogP contribution in [0.2, 0.25) is 0 Å². The molecule has 1 fully saturated rings. The summed E-state index contributed by atoms with van der Waals surface area (Å²) in [6, 6.07) is 0. The van der Waals surface area contributed by atoms with Crippen LogP contribution in [0, 0.1) is 18.3 Å². The van der Waals surface area contributed by atoms with Crippen LogP contribution in [-0.4, -0.2) is 5.48 Å². The smallest absolute Gasteiger partial charge is 0.00807 e. The molecule has 1 saturated carbocycles.